The van der Waals surface area contributed by atoms with Crippen LogP contribution >= 0.6 is 0 Å². The van der Waals surface area contributed by atoms with Gasteiger partial charge in [0.2, 0.25) is 0 Å². The summed E-state index contributed by atoms with van der Waals surface area (Å²) < 4.78 is 25.5. The highest BCUT2D eigenvalue weighted by Crippen LogP contribution is 2.44. The predicted octanol–water partition coefficient (Wildman–Crippen LogP) is 3.39. The lowest BCUT2D eigenvalue weighted by Gasteiger charge is -2.29. The third-order valence-electron chi connectivity index (χ3n) is 4.14. The average molecular weight is 281 g/mol. The molecule has 4 heteroatoms. The van der Waals surface area contributed by atoms with E-state index < -0.39 is 0 Å². The summed E-state index contributed by atoms with van der Waals surface area (Å²) in [5.41, 5.74) is 6.37. The average Bonchev–Trinajstić information content (AvgIpc) is 2.88. The highest BCUT2D eigenvalue weighted by atomic mass is 19.1. The van der Waals surface area contributed by atoms with Crippen LogP contribution in [0, 0.1) is 5.82 Å². The van der Waals surface area contributed by atoms with E-state index in [1.165, 1.54) is 6.07 Å². The Hall–Kier alpha value is -1.29. The van der Waals surface area contributed by atoms with E-state index in [0.717, 1.165) is 25.7 Å². The van der Waals surface area contributed by atoms with Gasteiger partial charge in [0.05, 0.1) is 13.2 Å². The summed E-state index contributed by atoms with van der Waals surface area (Å²) in [5, 5.41) is 0. The summed E-state index contributed by atoms with van der Waals surface area (Å²) in [6.45, 7) is 4.28. The SMILES string of the molecule is COc1cc(C2(CN)CCCC2)c(F)cc1OC(C)C. The van der Waals surface area contributed by atoms with Gasteiger partial charge in [-0.2, -0.15) is 0 Å². The van der Waals surface area contributed by atoms with Gasteiger partial charge >= 0.3 is 0 Å². The molecule has 1 saturated carbocycles. The minimum absolute atomic E-state index is 0.0240. The Labute approximate surface area is 120 Å². The Morgan fingerprint density at radius 1 is 1.25 bits per heavy atom. The fourth-order valence-electron chi connectivity index (χ4n) is 3.08. The van der Waals surface area contributed by atoms with E-state index in [0.29, 0.717) is 23.6 Å². The monoisotopic (exact) mass is 281 g/mol. The second kappa shape index (κ2) is 6.00. The zero-order valence-electron chi connectivity index (χ0n) is 12.5. The van der Waals surface area contributed by atoms with Crippen molar-refractivity contribution in [2.75, 3.05) is 13.7 Å². The molecule has 20 heavy (non-hydrogen) atoms. The fourth-order valence-corrected chi connectivity index (χ4v) is 3.08. The Morgan fingerprint density at radius 2 is 1.90 bits per heavy atom. The number of nitrogens with two attached hydrogens (primary N) is 1. The molecule has 1 aliphatic carbocycles. The lowest BCUT2D eigenvalue weighted by molar-refractivity contribution is 0.228. The molecule has 0 unspecified atom stereocenters. The summed E-state index contributed by atoms with van der Waals surface area (Å²) in [5.74, 6) is 0.789. The molecule has 1 fully saturated rings. The van der Waals surface area contributed by atoms with Gasteiger partial charge in [-0.25, -0.2) is 4.39 Å². The van der Waals surface area contributed by atoms with Crippen molar-refractivity contribution in [3.05, 3.63) is 23.5 Å². The Bertz CT molecular complexity index is 468. The van der Waals surface area contributed by atoms with Gasteiger partial charge in [0.1, 0.15) is 5.82 Å². The van der Waals surface area contributed by atoms with Crippen LogP contribution in [0.1, 0.15) is 45.1 Å². The van der Waals surface area contributed by atoms with E-state index in [2.05, 4.69) is 0 Å². The summed E-state index contributed by atoms with van der Waals surface area (Å²) >= 11 is 0. The zero-order chi connectivity index (χ0) is 14.8. The van der Waals surface area contributed by atoms with Gasteiger partial charge in [-0.3, -0.25) is 0 Å². The second-order valence-corrected chi connectivity index (χ2v) is 5.84. The van der Waals surface area contributed by atoms with Crippen LogP contribution in [-0.2, 0) is 5.41 Å². The van der Waals surface area contributed by atoms with Crippen molar-refractivity contribution in [3.8, 4) is 11.5 Å². The van der Waals surface area contributed by atoms with Crippen LogP contribution in [0.2, 0.25) is 0 Å². The van der Waals surface area contributed by atoms with Crippen molar-refractivity contribution in [1.29, 1.82) is 0 Å². The Morgan fingerprint density at radius 3 is 2.40 bits per heavy atom. The third-order valence-corrected chi connectivity index (χ3v) is 4.14. The van der Waals surface area contributed by atoms with Gasteiger partial charge in [-0.05, 0) is 38.3 Å². The van der Waals surface area contributed by atoms with Gasteiger partial charge in [-0.15, -0.1) is 0 Å². The molecule has 1 aromatic rings. The minimum atomic E-state index is -0.242. The van der Waals surface area contributed by atoms with Crippen molar-refractivity contribution in [1.82, 2.24) is 0 Å². The van der Waals surface area contributed by atoms with Crippen molar-refractivity contribution >= 4 is 0 Å². The maximum Gasteiger partial charge on any atom is 0.164 e. The van der Waals surface area contributed by atoms with E-state index in [4.69, 9.17) is 15.2 Å². The molecule has 0 radical (unpaired) electrons. The normalized spacial score (nSPS) is 17.5. The fraction of sp³-hybridized carbons (Fsp3) is 0.625. The number of halogens is 1. The van der Waals surface area contributed by atoms with E-state index >= 15 is 0 Å². The molecular formula is C16H24FNO2. The standard InChI is InChI=1S/C16H24FNO2/c1-11(2)20-15-9-13(17)12(8-14(15)19-3)16(10-18)6-4-5-7-16/h8-9,11H,4-7,10,18H2,1-3H3. The van der Waals surface area contributed by atoms with E-state index in [1.807, 2.05) is 13.8 Å². The zero-order valence-corrected chi connectivity index (χ0v) is 12.5. The molecule has 0 bridgehead atoms. The first-order chi connectivity index (χ1) is 9.52. The molecule has 2 N–H and O–H groups in total. The Kier molecular flexibility index (Phi) is 4.53. The topological polar surface area (TPSA) is 44.5 Å². The first-order valence-corrected chi connectivity index (χ1v) is 7.27. The molecule has 0 amide bonds. The first-order valence-electron chi connectivity index (χ1n) is 7.27. The summed E-state index contributed by atoms with van der Waals surface area (Å²) in [6.07, 6.45) is 4.05. The largest absolute Gasteiger partial charge is 0.493 e. The molecule has 0 heterocycles. The summed E-state index contributed by atoms with van der Waals surface area (Å²) in [4.78, 5) is 0. The van der Waals surface area contributed by atoms with Gasteiger partial charge in [-0.1, -0.05) is 12.8 Å². The van der Waals surface area contributed by atoms with Crippen molar-refractivity contribution in [2.45, 2.75) is 51.0 Å². The number of hydrogen-bond acceptors (Lipinski definition) is 3. The number of benzene rings is 1. The van der Waals surface area contributed by atoms with Crippen LogP contribution in [0.25, 0.3) is 0 Å². The molecule has 0 aliphatic heterocycles. The maximum absolute atomic E-state index is 14.5. The Balaban J connectivity index is 2.44. The second-order valence-electron chi connectivity index (χ2n) is 5.84. The molecule has 2 rings (SSSR count). The van der Waals surface area contributed by atoms with Crippen LogP contribution in [-0.4, -0.2) is 19.8 Å². The van der Waals surface area contributed by atoms with Crippen LogP contribution in [0.4, 0.5) is 4.39 Å². The molecule has 1 aliphatic rings. The quantitative estimate of drug-likeness (QED) is 0.899. The van der Waals surface area contributed by atoms with Crippen molar-refractivity contribution < 1.29 is 13.9 Å². The number of ether oxygens (including phenoxy) is 2. The maximum atomic E-state index is 14.5. The number of hydrogen-bond donors (Lipinski definition) is 1. The predicted molar refractivity (Wildman–Crippen MR) is 77.9 cm³/mol. The summed E-state index contributed by atoms with van der Waals surface area (Å²) in [6, 6.07) is 3.20. The lowest BCUT2D eigenvalue weighted by Crippen LogP contribution is -2.33. The lowest BCUT2D eigenvalue weighted by atomic mass is 9.78. The highest BCUT2D eigenvalue weighted by Gasteiger charge is 2.37. The number of methoxy groups -OCH3 is 1. The van der Waals surface area contributed by atoms with Crippen LogP contribution in [0.15, 0.2) is 12.1 Å². The van der Waals surface area contributed by atoms with Crippen LogP contribution < -0.4 is 15.2 Å². The van der Waals surface area contributed by atoms with Gasteiger partial charge in [0.25, 0.3) is 0 Å². The van der Waals surface area contributed by atoms with Gasteiger partial charge in [0.15, 0.2) is 11.5 Å². The molecule has 0 aromatic heterocycles. The molecule has 0 spiro atoms. The highest BCUT2D eigenvalue weighted by molar-refractivity contribution is 5.46. The molecule has 3 nitrogen and oxygen atoms in total. The van der Waals surface area contributed by atoms with Crippen molar-refractivity contribution in [3.63, 3.8) is 0 Å². The van der Waals surface area contributed by atoms with Crippen molar-refractivity contribution in [2.24, 2.45) is 5.73 Å². The van der Waals surface area contributed by atoms with E-state index in [9.17, 15) is 4.39 Å². The van der Waals surface area contributed by atoms with Crippen LogP contribution in [0.3, 0.4) is 0 Å². The summed E-state index contributed by atoms with van der Waals surface area (Å²) in [7, 11) is 1.58. The molecule has 0 atom stereocenters. The van der Waals surface area contributed by atoms with E-state index in [1.54, 1.807) is 13.2 Å². The molecule has 0 saturated heterocycles. The van der Waals surface area contributed by atoms with Gasteiger partial charge < -0.3 is 15.2 Å². The van der Waals surface area contributed by atoms with Crippen LogP contribution in [0.5, 0.6) is 11.5 Å². The molecular weight excluding hydrogens is 257 g/mol. The van der Waals surface area contributed by atoms with Gasteiger partial charge in [0, 0.05) is 18.0 Å². The molecule has 112 valence electrons. The molecule has 1 aromatic carbocycles. The third kappa shape index (κ3) is 2.75. The number of rotatable bonds is 5. The smallest absolute Gasteiger partial charge is 0.164 e. The minimum Gasteiger partial charge on any atom is -0.493 e. The van der Waals surface area contributed by atoms with E-state index in [-0.39, 0.29) is 17.3 Å². The first kappa shape index (κ1) is 15.1.